The van der Waals surface area contributed by atoms with Crippen molar-refractivity contribution in [1.82, 2.24) is 0 Å². The largest absolute Gasteiger partial charge is 0.294 e. The van der Waals surface area contributed by atoms with Crippen molar-refractivity contribution in [1.29, 1.82) is 0 Å². The summed E-state index contributed by atoms with van der Waals surface area (Å²) in [6.07, 6.45) is 15.6. The van der Waals surface area contributed by atoms with Gasteiger partial charge in [0, 0.05) is 5.92 Å². The Kier molecular flexibility index (Phi) is 4.44. The van der Waals surface area contributed by atoms with E-state index in [1.165, 1.54) is 69.8 Å². The van der Waals surface area contributed by atoms with Gasteiger partial charge in [-0.2, -0.15) is 0 Å². The highest BCUT2D eigenvalue weighted by Gasteiger charge is 2.63. The van der Waals surface area contributed by atoms with Crippen LogP contribution in [0.2, 0.25) is 0 Å². The molecular formula is C24H38O. The Morgan fingerprint density at radius 1 is 1.00 bits per heavy atom. The second-order valence-electron chi connectivity index (χ2n) is 10.3. The van der Waals surface area contributed by atoms with Gasteiger partial charge in [-0.05, 0) is 85.5 Å². The van der Waals surface area contributed by atoms with Crippen molar-refractivity contribution >= 4 is 5.78 Å². The summed E-state index contributed by atoms with van der Waals surface area (Å²) in [5.41, 5.74) is 2.05. The lowest BCUT2D eigenvalue weighted by molar-refractivity contribution is -0.145. The van der Waals surface area contributed by atoms with Gasteiger partial charge in [0.2, 0.25) is 0 Å². The molecule has 4 aliphatic carbocycles. The van der Waals surface area contributed by atoms with Gasteiger partial charge in [-0.1, -0.05) is 52.5 Å². The first-order chi connectivity index (χ1) is 12.0. The maximum absolute atomic E-state index is 13.7. The molecule has 0 aromatic carbocycles. The normalized spacial score (nSPS) is 51.1. The molecule has 4 rings (SSSR count). The van der Waals surface area contributed by atoms with E-state index in [1.54, 1.807) is 0 Å². The molecule has 1 nitrogen and oxygen atoms in total. The minimum Gasteiger partial charge on any atom is -0.294 e. The number of hydrogen-bond acceptors (Lipinski definition) is 1. The standard InChI is InChI=1S/C24H38O/c1-5-9-16-11-12-19-21-20(13-15-23(16,19)3)24(4)14-8-7-10-18(24)17(6-2)22(21)25/h6,16,18-21H,5,7-15H2,1-4H3/b17-6+/t16-,18-,19?,20?,21-,23?,24-/m0/s1. The first-order valence-corrected chi connectivity index (χ1v) is 11.2. The number of fused-ring (bicyclic) bond motifs is 5. The quantitative estimate of drug-likeness (QED) is 0.519. The van der Waals surface area contributed by atoms with E-state index in [0.29, 0.717) is 40.3 Å². The first-order valence-electron chi connectivity index (χ1n) is 11.2. The third-order valence-corrected chi connectivity index (χ3v) is 9.48. The summed E-state index contributed by atoms with van der Waals surface area (Å²) in [7, 11) is 0. The van der Waals surface area contributed by atoms with Crippen LogP contribution in [0.25, 0.3) is 0 Å². The van der Waals surface area contributed by atoms with Crippen LogP contribution in [0.5, 0.6) is 0 Å². The Bertz CT molecular complexity index is 575. The molecule has 0 amide bonds. The Labute approximate surface area is 155 Å². The van der Waals surface area contributed by atoms with Crippen molar-refractivity contribution < 1.29 is 4.79 Å². The highest BCUT2D eigenvalue weighted by Crippen LogP contribution is 2.67. The molecule has 25 heavy (non-hydrogen) atoms. The van der Waals surface area contributed by atoms with Gasteiger partial charge in [0.05, 0.1) is 0 Å². The van der Waals surface area contributed by atoms with Crippen LogP contribution in [-0.2, 0) is 4.79 Å². The summed E-state index contributed by atoms with van der Waals surface area (Å²) >= 11 is 0. The number of hydrogen-bond donors (Lipinski definition) is 0. The molecule has 0 heterocycles. The number of carbonyl (C=O) groups excluding carboxylic acids is 1. The topological polar surface area (TPSA) is 17.1 Å². The molecule has 0 aromatic heterocycles. The van der Waals surface area contributed by atoms with Gasteiger partial charge in [0.15, 0.2) is 5.78 Å². The Balaban J connectivity index is 1.73. The predicted molar refractivity (Wildman–Crippen MR) is 104 cm³/mol. The summed E-state index contributed by atoms with van der Waals surface area (Å²) in [4.78, 5) is 13.7. The van der Waals surface area contributed by atoms with Gasteiger partial charge >= 0.3 is 0 Å². The fourth-order valence-corrected chi connectivity index (χ4v) is 8.20. The molecule has 0 N–H and O–H groups in total. The SMILES string of the molecule is C/C=C1/C(=O)[C@H]2C3CC[C@H](CCC)C3(C)CCC2[C@@]2(C)CCCC[C@@H]12. The molecule has 4 aliphatic rings. The molecule has 0 radical (unpaired) electrons. The van der Waals surface area contributed by atoms with Gasteiger partial charge in [-0.15, -0.1) is 0 Å². The lowest BCUT2D eigenvalue weighted by Crippen LogP contribution is -2.57. The van der Waals surface area contributed by atoms with E-state index in [4.69, 9.17) is 0 Å². The van der Waals surface area contributed by atoms with Crippen LogP contribution in [0.15, 0.2) is 11.6 Å². The van der Waals surface area contributed by atoms with Gasteiger partial charge in [0.1, 0.15) is 0 Å². The van der Waals surface area contributed by atoms with E-state index in [2.05, 4.69) is 33.8 Å². The van der Waals surface area contributed by atoms with Crippen molar-refractivity contribution in [3.63, 3.8) is 0 Å². The van der Waals surface area contributed by atoms with Gasteiger partial charge in [-0.25, -0.2) is 0 Å². The molecule has 4 fully saturated rings. The van der Waals surface area contributed by atoms with Crippen LogP contribution in [0, 0.1) is 40.4 Å². The molecule has 0 aromatic rings. The molecule has 4 saturated carbocycles. The number of ketones is 1. The van der Waals surface area contributed by atoms with Gasteiger partial charge in [0.25, 0.3) is 0 Å². The lowest BCUT2D eigenvalue weighted by atomic mass is 9.43. The van der Waals surface area contributed by atoms with Crippen LogP contribution >= 0.6 is 0 Å². The number of Topliss-reactive ketones (excluding diaryl/α,β-unsaturated/α-hetero) is 1. The molecule has 7 atom stereocenters. The van der Waals surface area contributed by atoms with E-state index in [1.807, 2.05) is 0 Å². The van der Waals surface area contributed by atoms with E-state index in [9.17, 15) is 4.79 Å². The maximum atomic E-state index is 13.7. The minimum atomic E-state index is 0.339. The van der Waals surface area contributed by atoms with Crippen LogP contribution in [0.1, 0.15) is 91.9 Å². The summed E-state index contributed by atoms with van der Waals surface area (Å²) in [5.74, 6) is 3.65. The van der Waals surface area contributed by atoms with Crippen molar-refractivity contribution in [3.8, 4) is 0 Å². The highest BCUT2D eigenvalue weighted by molar-refractivity contribution is 5.99. The Morgan fingerprint density at radius 3 is 2.48 bits per heavy atom. The van der Waals surface area contributed by atoms with Crippen molar-refractivity contribution in [2.75, 3.05) is 0 Å². The minimum absolute atomic E-state index is 0.339. The molecule has 0 saturated heterocycles. The molecule has 140 valence electrons. The maximum Gasteiger partial charge on any atom is 0.162 e. The molecule has 0 bridgehead atoms. The van der Waals surface area contributed by atoms with Gasteiger partial charge in [-0.3, -0.25) is 4.79 Å². The van der Waals surface area contributed by atoms with Crippen molar-refractivity contribution in [2.45, 2.75) is 91.9 Å². The molecular weight excluding hydrogens is 304 g/mol. The average Bonchev–Trinajstić information content (AvgIpc) is 2.93. The summed E-state index contributed by atoms with van der Waals surface area (Å²) in [5, 5.41) is 0. The number of allylic oxidation sites excluding steroid dienone is 2. The predicted octanol–water partition coefficient (Wildman–Crippen LogP) is 6.57. The van der Waals surface area contributed by atoms with E-state index in [0.717, 1.165) is 5.92 Å². The monoisotopic (exact) mass is 342 g/mol. The third-order valence-electron chi connectivity index (χ3n) is 9.48. The molecule has 0 spiro atoms. The Hall–Kier alpha value is -0.590. The molecule has 1 heteroatoms. The molecule has 3 unspecified atom stereocenters. The fraction of sp³-hybridized carbons (Fsp3) is 0.875. The summed E-state index contributed by atoms with van der Waals surface area (Å²) in [6.45, 7) is 9.57. The average molecular weight is 343 g/mol. The zero-order valence-electron chi connectivity index (χ0n) is 16.9. The van der Waals surface area contributed by atoms with Crippen LogP contribution in [0.4, 0.5) is 0 Å². The Morgan fingerprint density at radius 2 is 1.76 bits per heavy atom. The summed E-state index contributed by atoms with van der Waals surface area (Å²) < 4.78 is 0. The third kappa shape index (κ3) is 2.36. The van der Waals surface area contributed by atoms with Crippen LogP contribution in [0.3, 0.4) is 0 Å². The van der Waals surface area contributed by atoms with E-state index in [-0.39, 0.29) is 0 Å². The summed E-state index contributed by atoms with van der Waals surface area (Å²) in [6, 6.07) is 0. The number of rotatable bonds is 2. The molecule has 0 aliphatic heterocycles. The second kappa shape index (κ2) is 6.24. The lowest BCUT2D eigenvalue weighted by Gasteiger charge is -2.60. The van der Waals surface area contributed by atoms with Crippen molar-refractivity contribution in [2.24, 2.45) is 40.4 Å². The zero-order valence-corrected chi connectivity index (χ0v) is 16.9. The smallest absolute Gasteiger partial charge is 0.162 e. The highest BCUT2D eigenvalue weighted by atomic mass is 16.1. The van der Waals surface area contributed by atoms with Crippen LogP contribution in [-0.4, -0.2) is 5.78 Å². The zero-order chi connectivity index (χ0) is 17.8. The second-order valence-corrected chi connectivity index (χ2v) is 10.3. The van der Waals surface area contributed by atoms with E-state index >= 15 is 0 Å². The number of carbonyl (C=O) groups is 1. The fourth-order valence-electron chi connectivity index (χ4n) is 8.20. The van der Waals surface area contributed by atoms with E-state index < -0.39 is 0 Å². The van der Waals surface area contributed by atoms with Crippen molar-refractivity contribution in [3.05, 3.63) is 11.6 Å². The van der Waals surface area contributed by atoms with Crippen LogP contribution < -0.4 is 0 Å². The van der Waals surface area contributed by atoms with Gasteiger partial charge < -0.3 is 0 Å². The first kappa shape index (κ1) is 17.8.